The molecule has 0 heteroatoms. The van der Waals surface area contributed by atoms with E-state index in [1.807, 2.05) is 0 Å². The largest absolute Gasteiger partial charge is 0.0888 e. The van der Waals surface area contributed by atoms with Crippen molar-refractivity contribution in [1.29, 1.82) is 0 Å². The molecule has 130 valence electrons. The van der Waals surface area contributed by atoms with Gasteiger partial charge in [0.05, 0.1) is 0 Å². The molecule has 0 nitrogen and oxygen atoms in total. The SMILES string of the molecule is CC/C=C/CCCCCCCCCCc1ccc2ccccc2c1. The molecule has 24 heavy (non-hydrogen) atoms. The molecule has 0 bridgehead atoms. The lowest BCUT2D eigenvalue weighted by Crippen LogP contribution is -1.87. The fourth-order valence-corrected chi connectivity index (χ4v) is 3.33. The van der Waals surface area contributed by atoms with E-state index in [1.165, 1.54) is 87.0 Å². The van der Waals surface area contributed by atoms with E-state index in [1.54, 1.807) is 0 Å². The molecule has 2 rings (SSSR count). The maximum absolute atomic E-state index is 2.36. The summed E-state index contributed by atoms with van der Waals surface area (Å²) < 4.78 is 0. The molecule has 0 spiro atoms. The molecule has 0 aliphatic heterocycles. The number of rotatable bonds is 12. The summed E-state index contributed by atoms with van der Waals surface area (Å²) in [6.45, 7) is 2.20. The van der Waals surface area contributed by atoms with Gasteiger partial charge in [-0.2, -0.15) is 0 Å². The Morgan fingerprint density at radius 2 is 1.33 bits per heavy atom. The molecule has 0 N–H and O–H groups in total. The minimum Gasteiger partial charge on any atom is -0.0888 e. The smallest absolute Gasteiger partial charge is 0.0181 e. The van der Waals surface area contributed by atoms with E-state index in [9.17, 15) is 0 Å². The molecular weight excluding hydrogens is 288 g/mol. The van der Waals surface area contributed by atoms with Crippen molar-refractivity contribution in [3.8, 4) is 0 Å². The van der Waals surface area contributed by atoms with Crippen LogP contribution in [-0.2, 0) is 6.42 Å². The monoisotopic (exact) mass is 322 g/mol. The van der Waals surface area contributed by atoms with Gasteiger partial charge in [-0.25, -0.2) is 0 Å². The predicted octanol–water partition coefficient (Wildman–Crippen LogP) is 7.86. The van der Waals surface area contributed by atoms with Crippen molar-refractivity contribution in [2.45, 2.75) is 77.6 Å². The third-order valence-corrected chi connectivity index (χ3v) is 4.80. The quantitative estimate of drug-likeness (QED) is 0.275. The maximum Gasteiger partial charge on any atom is -0.0181 e. The van der Waals surface area contributed by atoms with Gasteiger partial charge in [0, 0.05) is 0 Å². The van der Waals surface area contributed by atoms with Gasteiger partial charge < -0.3 is 0 Å². The van der Waals surface area contributed by atoms with Crippen molar-refractivity contribution < 1.29 is 0 Å². The number of allylic oxidation sites excluding steroid dienone is 2. The Morgan fingerprint density at radius 3 is 2.08 bits per heavy atom. The summed E-state index contributed by atoms with van der Waals surface area (Å²) in [5.74, 6) is 0. The average molecular weight is 323 g/mol. The van der Waals surface area contributed by atoms with Crippen LogP contribution in [0, 0.1) is 0 Å². The van der Waals surface area contributed by atoms with E-state index in [0.717, 1.165) is 0 Å². The number of fused-ring (bicyclic) bond motifs is 1. The maximum atomic E-state index is 2.36. The van der Waals surface area contributed by atoms with E-state index in [-0.39, 0.29) is 0 Å². The molecule has 0 atom stereocenters. The summed E-state index contributed by atoms with van der Waals surface area (Å²) in [7, 11) is 0. The highest BCUT2D eigenvalue weighted by Crippen LogP contribution is 2.18. The zero-order valence-corrected chi connectivity index (χ0v) is 15.5. The zero-order chi connectivity index (χ0) is 16.9. The molecule has 0 radical (unpaired) electrons. The summed E-state index contributed by atoms with van der Waals surface area (Å²) >= 11 is 0. The Balaban J connectivity index is 1.48. The molecule has 0 aliphatic carbocycles. The van der Waals surface area contributed by atoms with E-state index in [0.29, 0.717) is 0 Å². The highest BCUT2D eigenvalue weighted by atomic mass is 14.0. The fourth-order valence-electron chi connectivity index (χ4n) is 3.33. The first kappa shape index (κ1) is 18.8. The van der Waals surface area contributed by atoms with Crippen LogP contribution in [0.15, 0.2) is 54.6 Å². The van der Waals surface area contributed by atoms with Crippen LogP contribution < -0.4 is 0 Å². The molecule has 0 aromatic heterocycles. The van der Waals surface area contributed by atoms with Gasteiger partial charge in [0.25, 0.3) is 0 Å². The van der Waals surface area contributed by atoms with E-state index >= 15 is 0 Å². The number of benzene rings is 2. The number of aryl methyl sites for hydroxylation is 1. The van der Waals surface area contributed by atoms with Gasteiger partial charge in [0.15, 0.2) is 0 Å². The molecule has 0 saturated heterocycles. The minimum absolute atomic E-state index is 1.18. The highest BCUT2D eigenvalue weighted by Gasteiger charge is 1.97. The van der Waals surface area contributed by atoms with Crippen LogP contribution in [-0.4, -0.2) is 0 Å². The highest BCUT2D eigenvalue weighted by molar-refractivity contribution is 5.82. The third kappa shape index (κ3) is 7.34. The Bertz CT molecular complexity index is 594. The molecule has 0 unspecified atom stereocenters. The second kappa shape index (κ2) is 11.9. The molecule has 0 aliphatic rings. The average Bonchev–Trinajstić information content (AvgIpc) is 2.62. The summed E-state index contributed by atoms with van der Waals surface area (Å²) in [6, 6.07) is 15.6. The standard InChI is InChI=1S/C24H34/c1-2-3-4-5-6-7-8-9-10-11-12-13-16-22-19-20-23-17-14-15-18-24(23)21-22/h3-4,14-15,17-21H,2,5-13,16H2,1H3/b4-3+. The fraction of sp³-hybridized carbons (Fsp3) is 0.500. The first-order chi connectivity index (χ1) is 11.9. The lowest BCUT2D eigenvalue weighted by atomic mass is 10.0. The predicted molar refractivity (Wildman–Crippen MR) is 109 cm³/mol. The molecular formula is C24H34. The Labute approximate surface area is 149 Å². The number of hydrogen-bond donors (Lipinski definition) is 0. The number of unbranched alkanes of at least 4 members (excludes halogenated alkanes) is 8. The van der Waals surface area contributed by atoms with Crippen molar-refractivity contribution in [3.05, 3.63) is 60.2 Å². The van der Waals surface area contributed by atoms with Gasteiger partial charge in [-0.15, -0.1) is 0 Å². The Hall–Kier alpha value is -1.56. The van der Waals surface area contributed by atoms with Gasteiger partial charge in [-0.3, -0.25) is 0 Å². The van der Waals surface area contributed by atoms with Crippen molar-refractivity contribution in [2.24, 2.45) is 0 Å². The van der Waals surface area contributed by atoms with Crippen LogP contribution in [0.1, 0.15) is 76.7 Å². The molecule has 0 heterocycles. The van der Waals surface area contributed by atoms with Crippen LogP contribution in [0.25, 0.3) is 10.8 Å². The second-order valence-electron chi connectivity index (χ2n) is 6.93. The molecule has 2 aromatic rings. The van der Waals surface area contributed by atoms with Crippen molar-refractivity contribution >= 4 is 10.8 Å². The van der Waals surface area contributed by atoms with Crippen LogP contribution in [0.2, 0.25) is 0 Å². The van der Waals surface area contributed by atoms with Crippen LogP contribution >= 0.6 is 0 Å². The van der Waals surface area contributed by atoms with Gasteiger partial charge in [0.1, 0.15) is 0 Å². The van der Waals surface area contributed by atoms with Crippen molar-refractivity contribution in [3.63, 3.8) is 0 Å². The van der Waals surface area contributed by atoms with Crippen LogP contribution in [0.4, 0.5) is 0 Å². The molecule has 2 aromatic carbocycles. The molecule has 0 amide bonds. The van der Waals surface area contributed by atoms with Gasteiger partial charge in [-0.1, -0.05) is 100 Å². The van der Waals surface area contributed by atoms with Gasteiger partial charge in [-0.05, 0) is 48.4 Å². The molecule has 0 saturated carbocycles. The van der Waals surface area contributed by atoms with Crippen LogP contribution in [0.5, 0.6) is 0 Å². The second-order valence-corrected chi connectivity index (χ2v) is 6.93. The first-order valence-corrected chi connectivity index (χ1v) is 10.0. The lowest BCUT2D eigenvalue weighted by molar-refractivity contribution is 0.569. The van der Waals surface area contributed by atoms with E-state index in [4.69, 9.17) is 0 Å². The van der Waals surface area contributed by atoms with Crippen molar-refractivity contribution in [1.82, 2.24) is 0 Å². The van der Waals surface area contributed by atoms with E-state index in [2.05, 4.69) is 61.5 Å². The van der Waals surface area contributed by atoms with Gasteiger partial charge in [0.2, 0.25) is 0 Å². The normalized spacial score (nSPS) is 11.5. The number of hydrogen-bond acceptors (Lipinski definition) is 0. The topological polar surface area (TPSA) is 0 Å². The van der Waals surface area contributed by atoms with Crippen LogP contribution in [0.3, 0.4) is 0 Å². The Kier molecular flexibility index (Phi) is 9.31. The summed E-state index contributed by atoms with van der Waals surface area (Å²) in [5.41, 5.74) is 1.49. The van der Waals surface area contributed by atoms with E-state index < -0.39 is 0 Å². The Morgan fingerprint density at radius 1 is 0.667 bits per heavy atom. The summed E-state index contributed by atoms with van der Waals surface area (Å²) in [4.78, 5) is 0. The minimum atomic E-state index is 1.18. The summed E-state index contributed by atoms with van der Waals surface area (Å²) in [5, 5.41) is 2.73. The third-order valence-electron chi connectivity index (χ3n) is 4.80. The first-order valence-electron chi connectivity index (χ1n) is 10.0. The van der Waals surface area contributed by atoms with Crippen molar-refractivity contribution in [2.75, 3.05) is 0 Å². The molecule has 0 fully saturated rings. The zero-order valence-electron chi connectivity index (χ0n) is 15.5. The lowest BCUT2D eigenvalue weighted by Gasteiger charge is -2.04. The van der Waals surface area contributed by atoms with Gasteiger partial charge >= 0.3 is 0 Å². The summed E-state index contributed by atoms with van der Waals surface area (Å²) in [6.07, 6.45) is 19.5.